The summed E-state index contributed by atoms with van der Waals surface area (Å²) in [6.07, 6.45) is 1.10. The van der Waals surface area contributed by atoms with Crippen molar-refractivity contribution in [3.63, 3.8) is 0 Å². The van der Waals surface area contributed by atoms with Gasteiger partial charge in [0, 0.05) is 31.5 Å². The summed E-state index contributed by atoms with van der Waals surface area (Å²) in [5.41, 5.74) is 1.28. The fraction of sp³-hybridized carbons (Fsp3) is 0.391. The Kier molecular flexibility index (Phi) is 6.60. The van der Waals surface area contributed by atoms with E-state index in [9.17, 15) is 8.42 Å². The quantitative estimate of drug-likeness (QED) is 0.637. The van der Waals surface area contributed by atoms with Gasteiger partial charge in [0.15, 0.2) is 5.66 Å². The van der Waals surface area contributed by atoms with Crippen molar-refractivity contribution in [2.75, 3.05) is 33.1 Å². The lowest BCUT2D eigenvalue weighted by atomic mass is 10.00. The maximum atomic E-state index is 13.1. The molecule has 0 radical (unpaired) electrons. The van der Waals surface area contributed by atoms with Crippen LogP contribution in [0.2, 0.25) is 0 Å². The van der Waals surface area contributed by atoms with Crippen LogP contribution in [-0.4, -0.2) is 62.2 Å². The molecule has 9 heteroatoms. The Labute approximate surface area is 193 Å². The highest BCUT2D eigenvalue weighted by Gasteiger charge is 2.42. The molecule has 4 rings (SSSR count). The molecule has 2 aromatic rings. The van der Waals surface area contributed by atoms with Gasteiger partial charge in [-0.25, -0.2) is 13.4 Å². The van der Waals surface area contributed by atoms with Gasteiger partial charge in [-0.3, -0.25) is 4.99 Å². The smallest absolute Gasteiger partial charge is 0.243 e. The first-order valence-electron chi connectivity index (χ1n) is 10.5. The highest BCUT2D eigenvalue weighted by Crippen LogP contribution is 2.37. The number of aliphatic imine (C=N–C) groups is 2. The molecule has 1 fully saturated rings. The standard InChI is InChI=1S/C23H27N3O4S2/c1-4-31-22-21(17-5-7-18(29-2)8-6-17)24-23(25-22)13-15-26(16-14-23)32(27,28)20-11-9-19(30-3)10-12-20/h5-12H,4,13-16H2,1-3H3. The first kappa shape index (κ1) is 22.8. The fourth-order valence-electron chi connectivity index (χ4n) is 3.90. The maximum absolute atomic E-state index is 13.1. The topological polar surface area (TPSA) is 80.6 Å². The monoisotopic (exact) mass is 473 g/mol. The number of benzene rings is 2. The van der Waals surface area contributed by atoms with Gasteiger partial charge in [0.1, 0.15) is 16.5 Å². The lowest BCUT2D eigenvalue weighted by molar-refractivity contribution is 0.249. The zero-order valence-electron chi connectivity index (χ0n) is 18.4. The molecule has 7 nitrogen and oxygen atoms in total. The van der Waals surface area contributed by atoms with Crippen molar-refractivity contribution < 1.29 is 17.9 Å². The van der Waals surface area contributed by atoms with Crippen LogP contribution >= 0.6 is 11.8 Å². The summed E-state index contributed by atoms with van der Waals surface area (Å²) in [7, 11) is -0.368. The van der Waals surface area contributed by atoms with Crippen molar-refractivity contribution in [3.05, 3.63) is 54.1 Å². The van der Waals surface area contributed by atoms with E-state index in [1.807, 2.05) is 24.3 Å². The lowest BCUT2D eigenvalue weighted by Gasteiger charge is -2.34. The molecule has 0 N–H and O–H groups in total. The molecule has 170 valence electrons. The van der Waals surface area contributed by atoms with Gasteiger partial charge >= 0.3 is 0 Å². The molecule has 32 heavy (non-hydrogen) atoms. The number of sulfonamides is 1. The average Bonchev–Trinajstić information content (AvgIpc) is 3.17. The summed E-state index contributed by atoms with van der Waals surface area (Å²) in [6.45, 7) is 2.84. The number of hydrogen-bond donors (Lipinski definition) is 0. The molecule has 0 atom stereocenters. The Morgan fingerprint density at radius 2 is 1.50 bits per heavy atom. The second-order valence-electron chi connectivity index (χ2n) is 7.60. The van der Waals surface area contributed by atoms with Crippen LogP contribution in [0.3, 0.4) is 0 Å². The molecule has 0 bridgehead atoms. The van der Waals surface area contributed by atoms with Gasteiger partial charge in [-0.15, -0.1) is 11.8 Å². The number of ether oxygens (including phenoxy) is 2. The van der Waals surface area contributed by atoms with E-state index in [1.165, 1.54) is 4.31 Å². The van der Waals surface area contributed by atoms with Gasteiger partial charge in [-0.2, -0.15) is 4.31 Å². The highest BCUT2D eigenvalue weighted by molar-refractivity contribution is 8.15. The fourth-order valence-corrected chi connectivity index (χ4v) is 6.15. The highest BCUT2D eigenvalue weighted by atomic mass is 32.2. The Hall–Kier alpha value is -2.36. The largest absolute Gasteiger partial charge is 0.497 e. The minimum atomic E-state index is -3.57. The van der Waals surface area contributed by atoms with E-state index in [1.54, 1.807) is 50.2 Å². The van der Waals surface area contributed by atoms with Crippen LogP contribution in [0.25, 0.3) is 0 Å². The van der Waals surface area contributed by atoms with E-state index in [-0.39, 0.29) is 4.90 Å². The minimum Gasteiger partial charge on any atom is -0.497 e. The van der Waals surface area contributed by atoms with Gasteiger partial charge in [0.05, 0.1) is 24.8 Å². The minimum absolute atomic E-state index is 0.272. The third-order valence-corrected chi connectivity index (χ3v) is 8.46. The normalized spacial score (nSPS) is 18.3. The number of nitrogens with zero attached hydrogens (tertiary/aromatic N) is 3. The first-order chi connectivity index (χ1) is 15.4. The second kappa shape index (κ2) is 9.25. The molecule has 0 unspecified atom stereocenters. The van der Waals surface area contributed by atoms with Gasteiger partial charge in [0.2, 0.25) is 10.0 Å². The van der Waals surface area contributed by atoms with Crippen LogP contribution in [0.4, 0.5) is 0 Å². The number of piperidine rings is 1. The molecular formula is C23H27N3O4S2. The van der Waals surface area contributed by atoms with Gasteiger partial charge in [-0.1, -0.05) is 6.92 Å². The molecule has 1 spiro atoms. The van der Waals surface area contributed by atoms with E-state index in [0.29, 0.717) is 31.7 Å². The van der Waals surface area contributed by atoms with Crippen molar-refractivity contribution >= 4 is 32.5 Å². The molecule has 0 aliphatic carbocycles. The number of thioether (sulfide) groups is 1. The third kappa shape index (κ3) is 4.42. The summed E-state index contributed by atoms with van der Waals surface area (Å²) in [6, 6.07) is 14.3. The summed E-state index contributed by atoms with van der Waals surface area (Å²) < 4.78 is 38.1. The Morgan fingerprint density at radius 3 is 2.03 bits per heavy atom. The lowest BCUT2D eigenvalue weighted by Crippen LogP contribution is -2.44. The summed E-state index contributed by atoms with van der Waals surface area (Å²) in [4.78, 5) is 10.3. The summed E-state index contributed by atoms with van der Waals surface area (Å²) in [5, 5.41) is 0.920. The van der Waals surface area contributed by atoms with E-state index >= 15 is 0 Å². The zero-order chi connectivity index (χ0) is 22.8. The van der Waals surface area contributed by atoms with Crippen molar-refractivity contribution in [1.29, 1.82) is 0 Å². The average molecular weight is 474 g/mol. The Bertz CT molecular complexity index is 1120. The molecule has 0 saturated carbocycles. The van der Waals surface area contributed by atoms with Crippen LogP contribution < -0.4 is 9.47 Å². The van der Waals surface area contributed by atoms with Crippen LogP contribution in [-0.2, 0) is 10.0 Å². The van der Waals surface area contributed by atoms with Crippen molar-refractivity contribution in [2.24, 2.45) is 9.98 Å². The second-order valence-corrected chi connectivity index (χ2v) is 10.8. The van der Waals surface area contributed by atoms with Crippen molar-refractivity contribution in [1.82, 2.24) is 4.31 Å². The molecule has 2 aliphatic rings. The predicted octanol–water partition coefficient (Wildman–Crippen LogP) is 3.84. The van der Waals surface area contributed by atoms with Crippen LogP contribution in [0.5, 0.6) is 11.5 Å². The van der Waals surface area contributed by atoms with Crippen molar-refractivity contribution in [3.8, 4) is 11.5 Å². The van der Waals surface area contributed by atoms with Gasteiger partial charge < -0.3 is 9.47 Å². The zero-order valence-corrected chi connectivity index (χ0v) is 20.1. The number of methoxy groups -OCH3 is 2. The summed E-state index contributed by atoms with van der Waals surface area (Å²) in [5.74, 6) is 2.31. The van der Waals surface area contributed by atoms with Gasteiger partial charge in [-0.05, 0) is 54.3 Å². The van der Waals surface area contributed by atoms with Crippen molar-refractivity contribution in [2.45, 2.75) is 30.3 Å². The Morgan fingerprint density at radius 1 is 0.938 bits per heavy atom. The van der Waals surface area contributed by atoms with E-state index < -0.39 is 15.7 Å². The molecule has 0 aromatic heterocycles. The van der Waals surface area contributed by atoms with E-state index in [4.69, 9.17) is 19.5 Å². The van der Waals surface area contributed by atoms with E-state index in [2.05, 4.69) is 6.92 Å². The molecule has 2 aromatic carbocycles. The summed E-state index contributed by atoms with van der Waals surface area (Å²) >= 11 is 1.67. The molecule has 2 heterocycles. The van der Waals surface area contributed by atoms with Gasteiger partial charge in [0.25, 0.3) is 0 Å². The van der Waals surface area contributed by atoms with Crippen LogP contribution in [0.1, 0.15) is 25.3 Å². The Balaban J connectivity index is 1.54. The number of rotatable bonds is 6. The molecule has 2 aliphatic heterocycles. The van der Waals surface area contributed by atoms with Crippen LogP contribution in [0, 0.1) is 0 Å². The molecular weight excluding hydrogens is 446 g/mol. The van der Waals surface area contributed by atoms with Crippen LogP contribution in [0.15, 0.2) is 63.4 Å². The third-order valence-electron chi connectivity index (χ3n) is 5.70. The maximum Gasteiger partial charge on any atom is 0.243 e. The number of hydrogen-bond acceptors (Lipinski definition) is 7. The molecule has 0 amide bonds. The van der Waals surface area contributed by atoms with E-state index in [0.717, 1.165) is 27.8 Å². The SMILES string of the molecule is CCSC1=NC2(CCN(S(=O)(=O)c3ccc(OC)cc3)CC2)N=C1c1ccc(OC)cc1. The predicted molar refractivity (Wildman–Crippen MR) is 129 cm³/mol. The molecule has 1 saturated heterocycles. The first-order valence-corrected chi connectivity index (χ1v) is 12.9.